The molecule has 0 aliphatic heterocycles. The van der Waals surface area contributed by atoms with Crippen molar-refractivity contribution in [3.8, 4) is 5.75 Å². The molecular weight excluding hydrogens is 252 g/mol. The van der Waals surface area contributed by atoms with E-state index in [-0.39, 0.29) is 5.91 Å². The third-order valence-electron chi connectivity index (χ3n) is 3.17. The first-order chi connectivity index (χ1) is 9.62. The molecule has 4 nitrogen and oxygen atoms in total. The van der Waals surface area contributed by atoms with Gasteiger partial charge in [0.2, 0.25) is 5.91 Å². The fourth-order valence-corrected chi connectivity index (χ4v) is 2.02. The van der Waals surface area contributed by atoms with E-state index in [1.807, 2.05) is 36.9 Å². The zero-order valence-electron chi connectivity index (χ0n) is 12.4. The Morgan fingerprint density at radius 3 is 2.65 bits per heavy atom. The van der Waals surface area contributed by atoms with Crippen molar-refractivity contribution in [2.75, 3.05) is 25.4 Å². The van der Waals surface area contributed by atoms with Crippen LogP contribution in [0.2, 0.25) is 0 Å². The second-order valence-electron chi connectivity index (χ2n) is 4.54. The van der Waals surface area contributed by atoms with Gasteiger partial charge in [0, 0.05) is 19.5 Å². The van der Waals surface area contributed by atoms with E-state index in [9.17, 15) is 4.79 Å². The highest BCUT2D eigenvalue weighted by molar-refractivity contribution is 5.76. The molecule has 0 unspecified atom stereocenters. The number of anilines is 1. The smallest absolute Gasteiger partial charge is 0.222 e. The van der Waals surface area contributed by atoms with E-state index >= 15 is 0 Å². The van der Waals surface area contributed by atoms with Gasteiger partial charge in [-0.15, -0.1) is 0 Å². The highest BCUT2D eigenvalue weighted by atomic mass is 16.5. The van der Waals surface area contributed by atoms with E-state index in [0.29, 0.717) is 30.9 Å². The summed E-state index contributed by atoms with van der Waals surface area (Å²) in [6, 6.07) is 5.66. The number of hydrogen-bond acceptors (Lipinski definition) is 3. The number of nitrogen functional groups attached to an aromatic ring is 1. The third kappa shape index (κ3) is 4.61. The summed E-state index contributed by atoms with van der Waals surface area (Å²) in [5.41, 5.74) is 7.57. The first-order valence-corrected chi connectivity index (χ1v) is 7.02. The van der Waals surface area contributed by atoms with Crippen molar-refractivity contribution in [2.24, 2.45) is 0 Å². The molecule has 4 heteroatoms. The quantitative estimate of drug-likeness (QED) is 0.586. The van der Waals surface area contributed by atoms with E-state index in [1.165, 1.54) is 0 Å². The van der Waals surface area contributed by atoms with Gasteiger partial charge >= 0.3 is 0 Å². The summed E-state index contributed by atoms with van der Waals surface area (Å²) in [5.74, 6) is 0.837. The number of benzene rings is 1. The van der Waals surface area contributed by atoms with E-state index in [2.05, 4.69) is 6.58 Å². The Morgan fingerprint density at radius 1 is 1.40 bits per heavy atom. The summed E-state index contributed by atoms with van der Waals surface area (Å²) in [6.45, 7) is 9.52. The molecule has 0 spiro atoms. The lowest BCUT2D eigenvalue weighted by Gasteiger charge is -2.18. The third-order valence-corrected chi connectivity index (χ3v) is 3.17. The molecule has 0 heterocycles. The molecule has 0 saturated carbocycles. The summed E-state index contributed by atoms with van der Waals surface area (Å²) >= 11 is 0. The zero-order chi connectivity index (χ0) is 15.0. The van der Waals surface area contributed by atoms with Crippen LogP contribution in [0.1, 0.15) is 25.8 Å². The van der Waals surface area contributed by atoms with E-state index in [4.69, 9.17) is 10.5 Å². The maximum Gasteiger partial charge on any atom is 0.222 e. The fraction of sp³-hybridized carbons (Fsp3) is 0.438. The van der Waals surface area contributed by atoms with Crippen LogP contribution in [0.3, 0.4) is 0 Å². The standard InChI is InChI=1S/C16H24N2O2/c1-4-11-20-15-9-7-13(12-14(15)17)8-10-16(19)18(5-2)6-3/h4,7,9,12H,1,5-6,8,10-11,17H2,2-3H3. The number of hydrogen-bond donors (Lipinski definition) is 1. The maximum absolute atomic E-state index is 11.9. The molecule has 20 heavy (non-hydrogen) atoms. The zero-order valence-corrected chi connectivity index (χ0v) is 12.4. The number of nitrogens with two attached hydrogens (primary N) is 1. The number of rotatable bonds is 8. The molecule has 1 aromatic rings. The molecule has 0 aromatic heterocycles. The van der Waals surface area contributed by atoms with E-state index in [1.54, 1.807) is 6.08 Å². The van der Waals surface area contributed by atoms with Crippen LogP contribution in [0, 0.1) is 0 Å². The molecule has 1 aromatic carbocycles. The first-order valence-electron chi connectivity index (χ1n) is 7.02. The van der Waals surface area contributed by atoms with Gasteiger partial charge in [0.05, 0.1) is 5.69 Å². The molecule has 110 valence electrons. The molecule has 2 N–H and O–H groups in total. The van der Waals surface area contributed by atoms with Crippen molar-refractivity contribution < 1.29 is 9.53 Å². The number of ether oxygens (including phenoxy) is 1. The lowest BCUT2D eigenvalue weighted by Crippen LogP contribution is -2.30. The van der Waals surface area contributed by atoms with Crippen molar-refractivity contribution in [1.29, 1.82) is 0 Å². The topological polar surface area (TPSA) is 55.6 Å². The van der Waals surface area contributed by atoms with Crippen LogP contribution < -0.4 is 10.5 Å². The van der Waals surface area contributed by atoms with Gasteiger partial charge in [-0.1, -0.05) is 18.7 Å². The van der Waals surface area contributed by atoms with Gasteiger partial charge in [-0.25, -0.2) is 0 Å². The van der Waals surface area contributed by atoms with E-state index in [0.717, 1.165) is 18.7 Å². The van der Waals surface area contributed by atoms with E-state index < -0.39 is 0 Å². The van der Waals surface area contributed by atoms with Crippen molar-refractivity contribution in [3.63, 3.8) is 0 Å². The maximum atomic E-state index is 11.9. The molecule has 1 amide bonds. The second kappa shape index (κ2) is 8.25. The summed E-state index contributed by atoms with van der Waals surface area (Å²) in [7, 11) is 0. The van der Waals surface area contributed by atoms with Gasteiger partial charge in [0.1, 0.15) is 12.4 Å². The summed E-state index contributed by atoms with van der Waals surface area (Å²) < 4.78 is 5.42. The van der Waals surface area contributed by atoms with Gasteiger partial charge in [0.25, 0.3) is 0 Å². The first kappa shape index (κ1) is 16.1. The molecule has 0 aliphatic carbocycles. The highest BCUT2D eigenvalue weighted by Crippen LogP contribution is 2.23. The Kier molecular flexibility index (Phi) is 6.64. The summed E-state index contributed by atoms with van der Waals surface area (Å²) in [6.07, 6.45) is 2.88. The number of nitrogens with zero attached hydrogens (tertiary/aromatic N) is 1. The average Bonchev–Trinajstić information content (AvgIpc) is 2.45. The molecule has 1 rings (SSSR count). The van der Waals surface area contributed by atoms with Crippen molar-refractivity contribution in [2.45, 2.75) is 26.7 Å². The van der Waals surface area contributed by atoms with Gasteiger partial charge < -0.3 is 15.4 Å². The molecule has 0 aliphatic rings. The predicted octanol–water partition coefficient (Wildman–Crippen LogP) is 2.63. The van der Waals surface area contributed by atoms with Crippen molar-refractivity contribution in [1.82, 2.24) is 4.90 Å². The summed E-state index contributed by atoms with van der Waals surface area (Å²) in [4.78, 5) is 13.8. The van der Waals surface area contributed by atoms with Gasteiger partial charge in [0.15, 0.2) is 0 Å². The van der Waals surface area contributed by atoms with Gasteiger partial charge in [-0.2, -0.15) is 0 Å². The lowest BCUT2D eigenvalue weighted by molar-refractivity contribution is -0.130. The van der Waals surface area contributed by atoms with Crippen LogP contribution in [-0.2, 0) is 11.2 Å². The minimum atomic E-state index is 0.181. The second-order valence-corrected chi connectivity index (χ2v) is 4.54. The Hall–Kier alpha value is -1.97. The van der Waals surface area contributed by atoms with Crippen LogP contribution in [-0.4, -0.2) is 30.5 Å². The van der Waals surface area contributed by atoms with Crippen LogP contribution in [0.15, 0.2) is 30.9 Å². The SMILES string of the molecule is C=CCOc1ccc(CCC(=O)N(CC)CC)cc1N. The predicted molar refractivity (Wildman–Crippen MR) is 82.8 cm³/mol. The Bertz CT molecular complexity index is 454. The van der Waals surface area contributed by atoms with Gasteiger partial charge in [-0.3, -0.25) is 4.79 Å². The minimum absolute atomic E-state index is 0.181. The Labute approximate surface area is 121 Å². The average molecular weight is 276 g/mol. The molecule has 0 atom stereocenters. The largest absolute Gasteiger partial charge is 0.487 e. The van der Waals surface area contributed by atoms with Crippen LogP contribution in [0.25, 0.3) is 0 Å². The fourth-order valence-electron chi connectivity index (χ4n) is 2.02. The minimum Gasteiger partial charge on any atom is -0.487 e. The van der Waals surface area contributed by atoms with Crippen LogP contribution in [0.4, 0.5) is 5.69 Å². The molecule has 0 radical (unpaired) electrons. The van der Waals surface area contributed by atoms with Gasteiger partial charge in [-0.05, 0) is 38.0 Å². The number of amides is 1. The van der Waals surface area contributed by atoms with Crippen LogP contribution in [0.5, 0.6) is 5.75 Å². The monoisotopic (exact) mass is 276 g/mol. The lowest BCUT2D eigenvalue weighted by atomic mass is 10.1. The highest BCUT2D eigenvalue weighted by Gasteiger charge is 2.10. The molecular formula is C16H24N2O2. The Morgan fingerprint density at radius 2 is 2.10 bits per heavy atom. The molecule has 0 bridgehead atoms. The molecule has 0 saturated heterocycles. The number of carbonyl (C=O) groups is 1. The van der Waals surface area contributed by atoms with Crippen molar-refractivity contribution >= 4 is 11.6 Å². The summed E-state index contributed by atoms with van der Waals surface area (Å²) in [5, 5.41) is 0. The van der Waals surface area contributed by atoms with Crippen LogP contribution >= 0.6 is 0 Å². The van der Waals surface area contributed by atoms with Crippen molar-refractivity contribution in [3.05, 3.63) is 36.4 Å². The Balaban J connectivity index is 2.59. The number of carbonyl (C=O) groups excluding carboxylic acids is 1. The molecule has 0 fully saturated rings. The number of aryl methyl sites for hydroxylation is 1. The normalized spacial score (nSPS) is 10.1.